The zero-order valence-corrected chi connectivity index (χ0v) is 7.49. The average molecular weight is 173 g/mol. The molecule has 2 nitrogen and oxygen atoms in total. The van der Waals surface area contributed by atoms with Crippen LogP contribution >= 0.6 is 0 Å². The molecule has 2 rings (SSSR count). The van der Waals surface area contributed by atoms with E-state index in [1.807, 2.05) is 18.2 Å². The van der Waals surface area contributed by atoms with E-state index < -0.39 is 0 Å². The Labute approximate surface area is 79.5 Å². The highest BCUT2D eigenvalue weighted by molar-refractivity contribution is 6.32. The van der Waals surface area contributed by atoms with Gasteiger partial charge in [0.05, 0.1) is 6.10 Å². The summed E-state index contributed by atoms with van der Waals surface area (Å²) in [6.07, 6.45) is 2.32. The number of hydrogen-bond donors (Lipinski definition) is 1. The van der Waals surface area contributed by atoms with Crippen LogP contribution in [0.25, 0.3) is 0 Å². The molecule has 1 fully saturated rings. The van der Waals surface area contributed by atoms with Crippen LogP contribution in [0.2, 0.25) is 0 Å². The third-order valence-corrected chi connectivity index (χ3v) is 2.39. The van der Waals surface area contributed by atoms with Gasteiger partial charge in [-0.25, -0.2) is 0 Å². The van der Waals surface area contributed by atoms with Gasteiger partial charge in [0.25, 0.3) is 0 Å². The van der Waals surface area contributed by atoms with E-state index in [4.69, 9.17) is 18.3 Å². The van der Waals surface area contributed by atoms with Crippen LogP contribution in [-0.2, 0) is 4.74 Å². The third kappa shape index (κ3) is 1.70. The zero-order valence-electron chi connectivity index (χ0n) is 7.49. The largest absolute Gasteiger partial charge is 0.398 e. The summed E-state index contributed by atoms with van der Waals surface area (Å²) in [7, 11) is 5.68. The van der Waals surface area contributed by atoms with Crippen LogP contribution < -0.4 is 11.2 Å². The molecular weight excluding hydrogens is 161 g/mol. The second kappa shape index (κ2) is 3.42. The molecular formula is C10H12BNO. The molecule has 1 aliphatic rings. The summed E-state index contributed by atoms with van der Waals surface area (Å²) >= 11 is 0. The van der Waals surface area contributed by atoms with Crippen molar-refractivity contribution in [3.05, 3.63) is 23.8 Å². The second-order valence-electron chi connectivity index (χ2n) is 3.39. The number of nitrogens with two attached hydrogens (primary N) is 1. The van der Waals surface area contributed by atoms with Crippen molar-refractivity contribution in [2.45, 2.75) is 18.9 Å². The van der Waals surface area contributed by atoms with E-state index in [2.05, 4.69) is 0 Å². The van der Waals surface area contributed by atoms with Crippen molar-refractivity contribution in [1.82, 2.24) is 0 Å². The maximum atomic E-state index is 5.83. The highest BCUT2D eigenvalue weighted by atomic mass is 16.5. The van der Waals surface area contributed by atoms with Gasteiger partial charge in [-0.3, -0.25) is 0 Å². The Morgan fingerprint density at radius 1 is 1.46 bits per heavy atom. The van der Waals surface area contributed by atoms with Gasteiger partial charge < -0.3 is 10.5 Å². The molecule has 0 spiro atoms. The summed E-state index contributed by atoms with van der Waals surface area (Å²) in [4.78, 5) is 0. The molecule has 1 unspecified atom stereocenters. The van der Waals surface area contributed by atoms with E-state index in [1.54, 1.807) is 0 Å². The standard InChI is InChI=1S/C10H12BNO/c11-7-3-4-9(12)8(6-7)10-2-1-5-13-10/h3-4,6,10H,1-2,5,12H2. The van der Waals surface area contributed by atoms with Crippen LogP contribution in [-0.4, -0.2) is 14.5 Å². The van der Waals surface area contributed by atoms with Crippen molar-refractivity contribution in [3.8, 4) is 0 Å². The fourth-order valence-corrected chi connectivity index (χ4v) is 1.70. The summed E-state index contributed by atoms with van der Waals surface area (Å²) in [6.45, 7) is 0.832. The van der Waals surface area contributed by atoms with Gasteiger partial charge >= 0.3 is 0 Å². The van der Waals surface area contributed by atoms with Crippen molar-refractivity contribution in [3.63, 3.8) is 0 Å². The number of nitrogen functional groups attached to an aromatic ring is 1. The Bertz CT molecular complexity index is 308. The fourth-order valence-electron chi connectivity index (χ4n) is 1.70. The SMILES string of the molecule is [B]c1ccc(N)c(C2CCCO2)c1. The lowest BCUT2D eigenvalue weighted by molar-refractivity contribution is 0.112. The first-order valence-electron chi connectivity index (χ1n) is 4.54. The van der Waals surface area contributed by atoms with E-state index in [0.717, 1.165) is 36.2 Å². The molecule has 0 amide bonds. The zero-order chi connectivity index (χ0) is 9.26. The highest BCUT2D eigenvalue weighted by Gasteiger charge is 2.19. The van der Waals surface area contributed by atoms with Crippen LogP contribution in [0.15, 0.2) is 18.2 Å². The first kappa shape index (κ1) is 8.63. The summed E-state index contributed by atoms with van der Waals surface area (Å²) in [5, 5.41) is 0. The van der Waals surface area contributed by atoms with Crippen molar-refractivity contribution in [1.29, 1.82) is 0 Å². The number of anilines is 1. The Morgan fingerprint density at radius 3 is 3.00 bits per heavy atom. The van der Waals surface area contributed by atoms with E-state index in [1.165, 1.54) is 0 Å². The van der Waals surface area contributed by atoms with Gasteiger partial charge in [-0.15, -0.1) is 0 Å². The quantitative estimate of drug-likeness (QED) is 0.506. The van der Waals surface area contributed by atoms with Crippen LogP contribution in [0, 0.1) is 0 Å². The first-order valence-corrected chi connectivity index (χ1v) is 4.54. The fraction of sp³-hybridized carbons (Fsp3) is 0.400. The predicted octanol–water partition coefficient (Wildman–Crippen LogP) is 0.914. The minimum absolute atomic E-state index is 0.156. The maximum Gasteiger partial charge on any atom is 0.113 e. The Hall–Kier alpha value is -0.955. The Balaban J connectivity index is 2.32. The van der Waals surface area contributed by atoms with Gasteiger partial charge in [0.15, 0.2) is 0 Å². The Morgan fingerprint density at radius 2 is 2.31 bits per heavy atom. The topological polar surface area (TPSA) is 35.2 Å². The molecule has 1 atom stereocenters. The molecule has 66 valence electrons. The molecule has 0 aromatic heterocycles. The average Bonchev–Trinajstić information content (AvgIpc) is 2.61. The minimum atomic E-state index is 0.156. The number of ether oxygens (including phenoxy) is 1. The Kier molecular flexibility index (Phi) is 2.27. The second-order valence-corrected chi connectivity index (χ2v) is 3.39. The van der Waals surface area contributed by atoms with Gasteiger partial charge in [0, 0.05) is 17.9 Å². The first-order chi connectivity index (χ1) is 6.27. The van der Waals surface area contributed by atoms with Crippen molar-refractivity contribution in [2.75, 3.05) is 12.3 Å². The highest BCUT2D eigenvalue weighted by Crippen LogP contribution is 2.31. The molecule has 0 bridgehead atoms. The maximum absolute atomic E-state index is 5.83. The van der Waals surface area contributed by atoms with Crippen molar-refractivity contribution >= 4 is 19.0 Å². The third-order valence-electron chi connectivity index (χ3n) is 2.39. The lowest BCUT2D eigenvalue weighted by Gasteiger charge is -2.13. The van der Waals surface area contributed by atoms with E-state index in [0.29, 0.717) is 0 Å². The summed E-state index contributed by atoms with van der Waals surface area (Å²) in [5.74, 6) is 0. The monoisotopic (exact) mass is 173 g/mol. The molecule has 1 heterocycles. The molecule has 1 aromatic carbocycles. The molecule has 1 saturated heterocycles. The van der Waals surface area contributed by atoms with Crippen LogP contribution in [0.1, 0.15) is 24.5 Å². The summed E-state index contributed by atoms with van der Waals surface area (Å²) in [6, 6.07) is 5.56. The number of hydrogen-bond acceptors (Lipinski definition) is 2. The molecule has 1 aromatic rings. The normalized spacial score (nSPS) is 22.0. The number of rotatable bonds is 1. The van der Waals surface area contributed by atoms with Gasteiger partial charge in [0.2, 0.25) is 0 Å². The molecule has 3 heteroatoms. The van der Waals surface area contributed by atoms with Gasteiger partial charge in [0.1, 0.15) is 7.85 Å². The summed E-state index contributed by atoms with van der Waals surface area (Å²) < 4.78 is 5.54. The van der Waals surface area contributed by atoms with E-state index in [9.17, 15) is 0 Å². The molecule has 2 N–H and O–H groups in total. The van der Waals surface area contributed by atoms with Crippen LogP contribution in [0.3, 0.4) is 0 Å². The molecule has 0 saturated carbocycles. The molecule has 1 aliphatic heterocycles. The van der Waals surface area contributed by atoms with Gasteiger partial charge in [-0.05, 0) is 18.9 Å². The lowest BCUT2D eigenvalue weighted by Crippen LogP contribution is -2.09. The van der Waals surface area contributed by atoms with Crippen LogP contribution in [0.5, 0.6) is 0 Å². The van der Waals surface area contributed by atoms with Crippen LogP contribution in [0.4, 0.5) is 5.69 Å². The lowest BCUT2D eigenvalue weighted by atomic mass is 9.91. The molecule has 13 heavy (non-hydrogen) atoms. The van der Waals surface area contributed by atoms with Gasteiger partial charge in [-0.1, -0.05) is 17.6 Å². The smallest absolute Gasteiger partial charge is 0.113 e. The van der Waals surface area contributed by atoms with E-state index in [-0.39, 0.29) is 6.10 Å². The molecule has 0 aliphatic carbocycles. The van der Waals surface area contributed by atoms with Gasteiger partial charge in [-0.2, -0.15) is 0 Å². The van der Waals surface area contributed by atoms with Crippen molar-refractivity contribution in [2.24, 2.45) is 0 Å². The summed E-state index contributed by atoms with van der Waals surface area (Å²) in [5.41, 5.74) is 8.40. The number of benzene rings is 1. The van der Waals surface area contributed by atoms with Crippen molar-refractivity contribution < 1.29 is 4.74 Å². The molecule has 2 radical (unpaired) electrons. The van der Waals surface area contributed by atoms with E-state index >= 15 is 0 Å². The minimum Gasteiger partial charge on any atom is -0.398 e. The predicted molar refractivity (Wildman–Crippen MR) is 54.2 cm³/mol.